The Morgan fingerprint density at radius 2 is 2.00 bits per heavy atom. The molecule has 5 nitrogen and oxygen atoms in total. The average Bonchev–Trinajstić information content (AvgIpc) is 2.38. The molecular formula is C14H21N3O2S. The zero-order chi connectivity index (χ0) is 15.2. The summed E-state index contributed by atoms with van der Waals surface area (Å²) in [4.78, 5) is 2.06. The summed E-state index contributed by atoms with van der Waals surface area (Å²) < 4.78 is 26.5. The molecular weight excluding hydrogens is 274 g/mol. The van der Waals surface area contributed by atoms with Gasteiger partial charge in [0.05, 0.1) is 17.4 Å². The Labute approximate surface area is 121 Å². The lowest BCUT2D eigenvalue weighted by atomic mass is 10.1. The van der Waals surface area contributed by atoms with E-state index in [4.69, 9.17) is 5.26 Å². The van der Waals surface area contributed by atoms with Crippen LogP contribution in [0.3, 0.4) is 0 Å². The van der Waals surface area contributed by atoms with Crippen LogP contribution in [-0.2, 0) is 15.8 Å². The highest BCUT2D eigenvalue weighted by atomic mass is 32.2. The number of hydrogen-bond acceptors (Lipinski definition) is 4. The minimum atomic E-state index is -3.42. The van der Waals surface area contributed by atoms with Gasteiger partial charge in [-0.1, -0.05) is 18.2 Å². The molecule has 0 radical (unpaired) electrons. The summed E-state index contributed by atoms with van der Waals surface area (Å²) in [6, 6.07) is 9.12. The predicted molar refractivity (Wildman–Crippen MR) is 79.5 cm³/mol. The van der Waals surface area contributed by atoms with Crippen molar-refractivity contribution in [2.45, 2.75) is 25.6 Å². The largest absolute Gasteiger partial charge is 0.303 e. The Bertz CT molecular complexity index is 576. The van der Waals surface area contributed by atoms with E-state index in [0.717, 1.165) is 0 Å². The van der Waals surface area contributed by atoms with Gasteiger partial charge in [0.25, 0.3) is 0 Å². The van der Waals surface area contributed by atoms with E-state index in [1.54, 1.807) is 24.3 Å². The highest BCUT2D eigenvalue weighted by Crippen LogP contribution is 2.10. The van der Waals surface area contributed by atoms with Gasteiger partial charge in [-0.15, -0.1) is 0 Å². The van der Waals surface area contributed by atoms with Crippen LogP contribution in [0.1, 0.15) is 25.0 Å². The third-order valence-electron chi connectivity index (χ3n) is 3.15. The molecule has 0 aromatic heterocycles. The van der Waals surface area contributed by atoms with Gasteiger partial charge in [0.15, 0.2) is 0 Å². The van der Waals surface area contributed by atoms with Gasteiger partial charge in [0.2, 0.25) is 10.0 Å². The molecule has 1 aromatic rings. The van der Waals surface area contributed by atoms with Crippen LogP contribution in [0.25, 0.3) is 0 Å². The maximum Gasteiger partial charge on any atom is 0.215 e. The first-order chi connectivity index (χ1) is 9.35. The van der Waals surface area contributed by atoms with E-state index in [9.17, 15) is 8.42 Å². The van der Waals surface area contributed by atoms with Crippen molar-refractivity contribution in [2.24, 2.45) is 0 Å². The summed E-state index contributed by atoms with van der Waals surface area (Å²) in [5.41, 5.74) is 0.928. The van der Waals surface area contributed by atoms with E-state index >= 15 is 0 Å². The summed E-state index contributed by atoms with van der Waals surface area (Å²) >= 11 is 0. The summed E-state index contributed by atoms with van der Waals surface area (Å²) in [5.74, 6) is -0.165. The van der Waals surface area contributed by atoms with Gasteiger partial charge in [0, 0.05) is 19.1 Å². The van der Waals surface area contributed by atoms with Crippen molar-refractivity contribution >= 4 is 10.0 Å². The molecule has 0 aliphatic rings. The number of nitrogens with one attached hydrogen (secondary N) is 1. The van der Waals surface area contributed by atoms with Crippen molar-refractivity contribution in [2.75, 3.05) is 20.1 Å². The highest BCUT2D eigenvalue weighted by molar-refractivity contribution is 7.88. The Kier molecular flexibility index (Phi) is 6.14. The topological polar surface area (TPSA) is 73.2 Å². The number of likely N-dealkylation sites (N-methyl/N-ethyl adjacent to an activating group) is 1. The maximum atomic E-state index is 12.0. The van der Waals surface area contributed by atoms with E-state index in [1.165, 1.54) is 0 Å². The van der Waals surface area contributed by atoms with Gasteiger partial charge < -0.3 is 4.90 Å². The van der Waals surface area contributed by atoms with Crippen LogP contribution in [-0.4, -0.2) is 39.5 Å². The molecule has 1 rings (SSSR count). The summed E-state index contributed by atoms with van der Waals surface area (Å²) in [5, 5.41) is 8.95. The first-order valence-corrected chi connectivity index (χ1v) is 8.16. The van der Waals surface area contributed by atoms with Crippen LogP contribution >= 0.6 is 0 Å². The Hall–Kier alpha value is -1.42. The van der Waals surface area contributed by atoms with Gasteiger partial charge in [-0.25, -0.2) is 13.1 Å². The van der Waals surface area contributed by atoms with Crippen LogP contribution in [0.2, 0.25) is 0 Å². The van der Waals surface area contributed by atoms with E-state index < -0.39 is 10.0 Å². The second kappa shape index (κ2) is 7.39. The van der Waals surface area contributed by atoms with Crippen molar-refractivity contribution in [3.63, 3.8) is 0 Å². The Morgan fingerprint density at radius 1 is 1.35 bits per heavy atom. The molecule has 110 valence electrons. The average molecular weight is 295 g/mol. The van der Waals surface area contributed by atoms with Gasteiger partial charge in [-0.3, -0.25) is 0 Å². The summed E-state index contributed by atoms with van der Waals surface area (Å²) in [6.07, 6.45) is 0. The molecule has 0 aliphatic heterocycles. The fourth-order valence-electron chi connectivity index (χ4n) is 1.65. The molecule has 1 aromatic carbocycles. The van der Waals surface area contributed by atoms with Crippen molar-refractivity contribution in [3.8, 4) is 6.07 Å². The van der Waals surface area contributed by atoms with Crippen molar-refractivity contribution in [1.29, 1.82) is 5.26 Å². The molecule has 0 heterocycles. The van der Waals surface area contributed by atoms with Crippen LogP contribution < -0.4 is 4.72 Å². The highest BCUT2D eigenvalue weighted by Gasteiger charge is 2.14. The number of sulfonamides is 1. The molecule has 20 heavy (non-hydrogen) atoms. The zero-order valence-electron chi connectivity index (χ0n) is 12.1. The second-order valence-corrected chi connectivity index (χ2v) is 6.80. The normalized spacial score (nSPS) is 11.8. The summed E-state index contributed by atoms with van der Waals surface area (Å²) in [6.45, 7) is 5.12. The monoisotopic (exact) mass is 295 g/mol. The molecule has 0 atom stereocenters. The number of benzene rings is 1. The molecule has 1 N–H and O–H groups in total. The molecule has 0 unspecified atom stereocenters. The van der Waals surface area contributed by atoms with Crippen molar-refractivity contribution < 1.29 is 8.42 Å². The van der Waals surface area contributed by atoms with Crippen LogP contribution in [0.5, 0.6) is 0 Å². The quantitative estimate of drug-likeness (QED) is 0.823. The molecule has 0 fully saturated rings. The van der Waals surface area contributed by atoms with Crippen LogP contribution in [0.4, 0.5) is 0 Å². The molecule has 6 heteroatoms. The number of nitrogens with zero attached hydrogens (tertiary/aromatic N) is 2. The third-order valence-corrected chi connectivity index (χ3v) is 4.49. The van der Waals surface area contributed by atoms with Gasteiger partial charge in [-0.2, -0.15) is 5.26 Å². The van der Waals surface area contributed by atoms with Crippen molar-refractivity contribution in [3.05, 3.63) is 35.4 Å². The summed E-state index contributed by atoms with van der Waals surface area (Å²) in [7, 11) is -1.47. The zero-order valence-corrected chi connectivity index (χ0v) is 12.9. The minimum Gasteiger partial charge on any atom is -0.303 e. The predicted octanol–water partition coefficient (Wildman–Crippen LogP) is 1.32. The van der Waals surface area contributed by atoms with Crippen LogP contribution in [0, 0.1) is 11.3 Å². The van der Waals surface area contributed by atoms with Gasteiger partial charge >= 0.3 is 0 Å². The van der Waals surface area contributed by atoms with Gasteiger partial charge in [0.1, 0.15) is 0 Å². The van der Waals surface area contributed by atoms with E-state index in [1.807, 2.05) is 13.1 Å². The minimum absolute atomic E-state index is 0.165. The fraction of sp³-hybridized carbons (Fsp3) is 0.500. The first kappa shape index (κ1) is 16.6. The van der Waals surface area contributed by atoms with Gasteiger partial charge in [-0.05, 0) is 32.5 Å². The SMILES string of the molecule is CC(C)N(C)CCNS(=O)(=O)Cc1ccccc1C#N. The molecule has 0 amide bonds. The van der Waals surface area contributed by atoms with E-state index in [-0.39, 0.29) is 5.75 Å². The maximum absolute atomic E-state index is 12.0. The lowest BCUT2D eigenvalue weighted by Gasteiger charge is -2.20. The Morgan fingerprint density at radius 3 is 2.60 bits per heavy atom. The molecule has 0 spiro atoms. The molecule has 0 aliphatic carbocycles. The van der Waals surface area contributed by atoms with Crippen LogP contribution in [0.15, 0.2) is 24.3 Å². The first-order valence-electron chi connectivity index (χ1n) is 6.51. The number of hydrogen-bond donors (Lipinski definition) is 1. The van der Waals surface area contributed by atoms with Crippen molar-refractivity contribution in [1.82, 2.24) is 9.62 Å². The smallest absolute Gasteiger partial charge is 0.215 e. The Balaban J connectivity index is 2.60. The molecule has 0 saturated carbocycles. The second-order valence-electron chi connectivity index (χ2n) is 5.00. The standard InChI is InChI=1S/C14H21N3O2S/c1-12(2)17(3)9-8-16-20(18,19)11-14-7-5-4-6-13(14)10-15/h4-7,12,16H,8-9,11H2,1-3H3. The van der Waals surface area contributed by atoms with E-state index in [0.29, 0.717) is 30.3 Å². The molecule has 0 saturated heterocycles. The number of nitriles is 1. The van der Waals surface area contributed by atoms with E-state index in [2.05, 4.69) is 23.5 Å². The lowest BCUT2D eigenvalue weighted by Crippen LogP contribution is -2.36. The number of rotatable bonds is 7. The molecule has 0 bridgehead atoms. The lowest BCUT2D eigenvalue weighted by molar-refractivity contribution is 0.278. The third kappa shape index (κ3) is 5.29. The fourth-order valence-corrected chi connectivity index (χ4v) is 2.81.